The third-order valence-electron chi connectivity index (χ3n) is 7.42. The van der Waals surface area contributed by atoms with Gasteiger partial charge in [0.05, 0.1) is 31.5 Å². The zero-order valence-corrected chi connectivity index (χ0v) is 27.9. The van der Waals surface area contributed by atoms with E-state index in [1.54, 1.807) is 43.5 Å². The number of fused-ring (bicyclic) bond motifs is 1. The highest BCUT2D eigenvalue weighted by Crippen LogP contribution is 2.35. The molecular weight excluding hydrogens is 659 g/mol. The van der Waals surface area contributed by atoms with E-state index < -0.39 is 24.3 Å². The van der Waals surface area contributed by atoms with Gasteiger partial charge >= 0.3 is 12.0 Å². The van der Waals surface area contributed by atoms with Gasteiger partial charge in [0.25, 0.3) is 0 Å². The maximum atomic E-state index is 12.5. The van der Waals surface area contributed by atoms with E-state index >= 15 is 0 Å². The molecule has 1 aliphatic rings. The fourth-order valence-electron chi connectivity index (χ4n) is 5.14. The second kappa shape index (κ2) is 15.7. The Bertz CT molecular complexity index is 1880. The van der Waals surface area contributed by atoms with Gasteiger partial charge in [0, 0.05) is 26.9 Å². The first-order valence-corrected chi connectivity index (χ1v) is 15.7. The number of hydrogen-bond acceptors (Lipinski definition) is 9. The van der Waals surface area contributed by atoms with Crippen molar-refractivity contribution >= 4 is 52.2 Å². The van der Waals surface area contributed by atoms with Crippen LogP contribution in [0.2, 0.25) is 10.0 Å². The molecule has 1 aliphatic heterocycles. The Labute approximate surface area is 287 Å². The monoisotopic (exact) mass is 692 g/mol. The zero-order chi connectivity index (χ0) is 34.2. The van der Waals surface area contributed by atoms with Crippen LogP contribution in [0, 0.1) is 0 Å². The number of benzene rings is 4. The molecule has 0 spiro atoms. The van der Waals surface area contributed by atoms with Crippen molar-refractivity contribution in [2.75, 3.05) is 20.3 Å². The van der Waals surface area contributed by atoms with Crippen LogP contribution >= 0.6 is 23.2 Å². The number of halogens is 2. The van der Waals surface area contributed by atoms with Crippen molar-refractivity contribution in [2.24, 2.45) is 5.10 Å². The number of aliphatic hydroxyl groups is 1. The molecular formula is C35H34Cl2N4O7. The Balaban J connectivity index is 1.28. The third kappa shape index (κ3) is 8.11. The van der Waals surface area contributed by atoms with Crippen LogP contribution in [0.15, 0.2) is 89.2 Å². The number of hydrogen-bond donors (Lipinski definition) is 4. The molecule has 0 saturated carbocycles. The number of ether oxygens (including phenoxy) is 4. The fraction of sp³-hybridized carbons (Fsp3) is 0.229. The number of rotatable bonds is 13. The van der Waals surface area contributed by atoms with Crippen molar-refractivity contribution in [3.63, 3.8) is 0 Å². The number of carbonyl (C=O) groups excluding carboxylic acids is 2. The van der Waals surface area contributed by atoms with E-state index in [4.69, 9.17) is 42.1 Å². The quantitative estimate of drug-likeness (QED) is 0.0559. The van der Waals surface area contributed by atoms with Crippen LogP contribution in [0.5, 0.6) is 17.2 Å². The second-order valence-electron chi connectivity index (χ2n) is 10.6. The molecule has 250 valence electrons. The number of aliphatic hydroxyl groups excluding tert-OH is 1. The Morgan fingerprint density at radius 3 is 2.58 bits per heavy atom. The highest BCUT2D eigenvalue weighted by molar-refractivity contribution is 6.35. The summed E-state index contributed by atoms with van der Waals surface area (Å²) in [5, 5.41) is 23.2. The van der Waals surface area contributed by atoms with Crippen molar-refractivity contribution < 1.29 is 33.6 Å². The summed E-state index contributed by atoms with van der Waals surface area (Å²) < 4.78 is 22.7. The van der Waals surface area contributed by atoms with Crippen LogP contribution in [0.3, 0.4) is 0 Å². The molecule has 4 aromatic rings. The smallest absolute Gasteiger partial charge is 0.337 e. The van der Waals surface area contributed by atoms with Gasteiger partial charge in [0.1, 0.15) is 19.0 Å². The minimum atomic E-state index is -1.19. The number of methoxy groups -OCH3 is 1. The van der Waals surface area contributed by atoms with E-state index in [0.29, 0.717) is 50.7 Å². The Morgan fingerprint density at radius 2 is 1.81 bits per heavy atom. The average Bonchev–Trinajstić information content (AvgIpc) is 3.07. The molecule has 2 atom stereocenters. The van der Waals surface area contributed by atoms with E-state index in [1.165, 1.54) is 7.11 Å². The highest BCUT2D eigenvalue weighted by atomic mass is 35.5. The topological polar surface area (TPSA) is 140 Å². The molecule has 0 saturated heterocycles. The molecule has 0 fully saturated rings. The molecule has 48 heavy (non-hydrogen) atoms. The molecule has 4 N–H and O–H groups in total. The Morgan fingerprint density at radius 1 is 1.02 bits per heavy atom. The van der Waals surface area contributed by atoms with Crippen molar-refractivity contribution in [3.8, 4) is 17.2 Å². The molecule has 11 nitrogen and oxygen atoms in total. The zero-order valence-electron chi connectivity index (χ0n) is 26.4. The first-order valence-electron chi connectivity index (χ1n) is 15.0. The minimum absolute atomic E-state index is 0.179. The van der Waals surface area contributed by atoms with Crippen LogP contribution in [0.25, 0.3) is 10.8 Å². The number of esters is 1. The van der Waals surface area contributed by atoms with Gasteiger partial charge in [-0.2, -0.15) is 5.10 Å². The van der Waals surface area contributed by atoms with E-state index in [0.717, 1.165) is 16.3 Å². The summed E-state index contributed by atoms with van der Waals surface area (Å²) in [7, 11) is 1.27. The lowest BCUT2D eigenvalue weighted by Crippen LogP contribution is -2.45. The lowest BCUT2D eigenvalue weighted by atomic mass is 9.95. The summed E-state index contributed by atoms with van der Waals surface area (Å²) in [6.07, 6.45) is 0.384. The maximum absolute atomic E-state index is 12.5. The summed E-state index contributed by atoms with van der Waals surface area (Å²) in [4.78, 5) is 24.7. The number of hydrazone groups is 1. The SMILES string of the molecule is CCOc1cc([C@@H]2NC(=O)NC(C)=C2C(=O)OC)ccc1OC[C@H](O)N/N=C/c1c(OCc2ccc(Cl)cc2Cl)ccc2ccccc12. The molecule has 0 aromatic heterocycles. The Kier molecular flexibility index (Phi) is 11.3. The van der Waals surface area contributed by atoms with Gasteiger partial charge in [0.2, 0.25) is 0 Å². The minimum Gasteiger partial charge on any atom is -0.490 e. The van der Waals surface area contributed by atoms with Gasteiger partial charge < -0.3 is 34.7 Å². The van der Waals surface area contributed by atoms with Crippen LogP contribution < -0.4 is 30.3 Å². The molecule has 4 aromatic carbocycles. The van der Waals surface area contributed by atoms with Gasteiger partial charge in [-0.05, 0) is 60.5 Å². The number of carbonyl (C=O) groups is 2. The standard InChI is InChI=1S/C35H34Cl2N4O7/c1-4-46-30-15-22(33-32(34(43)45-3)20(2)39-35(44)40-33)11-14-29(30)48-19-31(42)41-38-17-26-25-8-6-5-7-21(25)10-13-28(26)47-18-23-9-12-24(36)16-27(23)37/h5-17,31,33,41-42H,4,18-19H2,1-3H3,(H2,39,40,44)/b38-17+/t31-,33-/m0/s1. The molecule has 0 unspecified atom stereocenters. The first-order chi connectivity index (χ1) is 23.2. The van der Waals surface area contributed by atoms with E-state index in [9.17, 15) is 14.7 Å². The number of allylic oxidation sites excluding steroid dienone is 1. The van der Waals surface area contributed by atoms with Crippen LogP contribution in [-0.2, 0) is 16.1 Å². The number of nitrogens with one attached hydrogen (secondary N) is 3. The van der Waals surface area contributed by atoms with Crippen molar-refractivity contribution in [1.82, 2.24) is 16.1 Å². The summed E-state index contributed by atoms with van der Waals surface area (Å²) in [5.74, 6) is 0.698. The van der Waals surface area contributed by atoms with E-state index in [1.807, 2.05) is 49.4 Å². The van der Waals surface area contributed by atoms with E-state index in [2.05, 4.69) is 21.2 Å². The molecule has 5 rings (SSSR count). The van der Waals surface area contributed by atoms with Gasteiger partial charge in [-0.1, -0.05) is 65.7 Å². The fourth-order valence-corrected chi connectivity index (χ4v) is 5.60. The lowest BCUT2D eigenvalue weighted by molar-refractivity contribution is -0.136. The van der Waals surface area contributed by atoms with Gasteiger partial charge in [-0.3, -0.25) is 5.43 Å². The normalized spacial score (nSPS) is 15.1. The molecule has 13 heteroatoms. The third-order valence-corrected chi connectivity index (χ3v) is 8.01. The molecule has 2 amide bonds. The average molecular weight is 694 g/mol. The molecule has 1 heterocycles. The van der Waals surface area contributed by atoms with Crippen LogP contribution in [-0.4, -0.2) is 49.9 Å². The van der Waals surface area contributed by atoms with Crippen molar-refractivity contribution in [1.29, 1.82) is 0 Å². The number of nitrogens with zero attached hydrogens (tertiary/aromatic N) is 1. The Hall–Kier alpha value is -4.97. The molecule has 0 aliphatic carbocycles. The van der Waals surface area contributed by atoms with Crippen molar-refractivity contribution in [3.05, 3.63) is 111 Å². The van der Waals surface area contributed by atoms with E-state index in [-0.39, 0.29) is 18.8 Å². The molecule has 0 radical (unpaired) electrons. The summed E-state index contributed by atoms with van der Waals surface area (Å²) in [5.41, 5.74) is 5.39. The van der Waals surface area contributed by atoms with Gasteiger partial charge in [-0.25, -0.2) is 9.59 Å². The number of urea groups is 1. The summed E-state index contributed by atoms with van der Waals surface area (Å²) in [6.45, 7) is 3.79. The largest absolute Gasteiger partial charge is 0.490 e. The maximum Gasteiger partial charge on any atom is 0.337 e. The second-order valence-corrected chi connectivity index (χ2v) is 11.5. The predicted octanol–water partition coefficient (Wildman–Crippen LogP) is 6.25. The number of amides is 2. The lowest BCUT2D eigenvalue weighted by Gasteiger charge is -2.28. The van der Waals surface area contributed by atoms with Crippen molar-refractivity contribution in [2.45, 2.75) is 32.7 Å². The van der Waals surface area contributed by atoms with Gasteiger partial charge in [0.15, 0.2) is 17.7 Å². The van der Waals surface area contributed by atoms with Crippen LogP contribution in [0.4, 0.5) is 4.79 Å². The summed E-state index contributed by atoms with van der Waals surface area (Å²) >= 11 is 12.4. The predicted molar refractivity (Wildman–Crippen MR) is 184 cm³/mol. The summed E-state index contributed by atoms with van der Waals surface area (Å²) in [6, 6.07) is 20.6. The van der Waals surface area contributed by atoms with Gasteiger partial charge in [-0.15, -0.1) is 0 Å². The molecule has 0 bridgehead atoms. The van der Waals surface area contributed by atoms with Crippen LogP contribution in [0.1, 0.15) is 36.6 Å². The highest BCUT2D eigenvalue weighted by Gasteiger charge is 2.32. The first kappa shape index (κ1) is 34.4.